The first kappa shape index (κ1) is 25.3. The molecule has 0 N–H and O–H groups in total. The summed E-state index contributed by atoms with van der Waals surface area (Å²) in [5, 5.41) is 0. The van der Waals surface area contributed by atoms with E-state index in [1.165, 1.54) is 12.0 Å². The van der Waals surface area contributed by atoms with Gasteiger partial charge in [0, 0.05) is 49.1 Å². The summed E-state index contributed by atoms with van der Waals surface area (Å²) in [6.45, 7) is 5.36. The Morgan fingerprint density at radius 1 is 1.06 bits per heavy atom. The first-order valence-corrected chi connectivity index (χ1v) is 12.7. The first-order chi connectivity index (χ1) is 15.8. The van der Waals surface area contributed by atoms with E-state index in [1.807, 2.05) is 24.8 Å². The molecule has 1 aromatic heterocycles. The predicted octanol–water partition coefficient (Wildman–Crippen LogP) is 5.35. The van der Waals surface area contributed by atoms with Crippen LogP contribution in [0.1, 0.15) is 57.2 Å². The van der Waals surface area contributed by atoms with E-state index in [1.54, 1.807) is 23.9 Å². The highest BCUT2D eigenvalue weighted by Gasteiger charge is 2.30. The molecule has 1 saturated carbocycles. The van der Waals surface area contributed by atoms with E-state index >= 15 is 0 Å². The van der Waals surface area contributed by atoms with Crippen LogP contribution in [0.3, 0.4) is 0 Å². The van der Waals surface area contributed by atoms with Gasteiger partial charge in [-0.2, -0.15) is 0 Å². The smallest absolute Gasteiger partial charge is 0.320 e. The van der Waals surface area contributed by atoms with Crippen molar-refractivity contribution in [1.82, 2.24) is 19.3 Å². The van der Waals surface area contributed by atoms with Gasteiger partial charge in [0.1, 0.15) is 6.54 Å². The van der Waals surface area contributed by atoms with E-state index in [4.69, 9.17) is 0 Å². The number of carbonyl (C=O) groups excluding carboxylic acids is 2. The molecule has 0 bridgehead atoms. The number of aromatic nitrogens is 1. The van der Waals surface area contributed by atoms with Gasteiger partial charge in [0.2, 0.25) is 5.91 Å². The van der Waals surface area contributed by atoms with E-state index in [0.717, 1.165) is 42.4 Å². The van der Waals surface area contributed by atoms with Crippen LogP contribution >= 0.6 is 15.9 Å². The molecule has 180 valence electrons. The summed E-state index contributed by atoms with van der Waals surface area (Å²) in [6.07, 6.45) is 7.68. The van der Waals surface area contributed by atoms with E-state index in [2.05, 4.69) is 57.0 Å². The Morgan fingerprint density at radius 2 is 1.73 bits per heavy atom. The van der Waals surface area contributed by atoms with Crippen molar-refractivity contribution in [1.29, 1.82) is 0 Å². The molecule has 0 radical (unpaired) electrons. The summed E-state index contributed by atoms with van der Waals surface area (Å²) in [5.41, 5.74) is 2.33. The van der Waals surface area contributed by atoms with E-state index in [-0.39, 0.29) is 30.6 Å². The molecule has 1 aliphatic rings. The maximum Gasteiger partial charge on any atom is 0.320 e. The quantitative estimate of drug-likeness (QED) is 0.474. The Morgan fingerprint density at radius 3 is 2.33 bits per heavy atom. The maximum atomic E-state index is 13.6. The number of benzene rings is 1. The van der Waals surface area contributed by atoms with Gasteiger partial charge in [-0.15, -0.1) is 0 Å². The van der Waals surface area contributed by atoms with Gasteiger partial charge in [-0.05, 0) is 56.5 Å². The first-order valence-electron chi connectivity index (χ1n) is 11.9. The second-order valence-electron chi connectivity index (χ2n) is 9.47. The fourth-order valence-electron chi connectivity index (χ4n) is 4.49. The van der Waals surface area contributed by atoms with Crippen molar-refractivity contribution in [2.24, 2.45) is 0 Å². The van der Waals surface area contributed by atoms with Gasteiger partial charge in [0.25, 0.3) is 0 Å². The van der Waals surface area contributed by atoms with E-state index < -0.39 is 0 Å². The minimum Gasteiger partial charge on any atom is -0.345 e. The predicted molar refractivity (Wildman–Crippen MR) is 136 cm³/mol. The van der Waals surface area contributed by atoms with Crippen LogP contribution in [0.25, 0.3) is 0 Å². The zero-order chi connectivity index (χ0) is 24.0. The lowest BCUT2D eigenvalue weighted by Gasteiger charge is -2.37. The summed E-state index contributed by atoms with van der Waals surface area (Å²) in [6, 6.07) is 12.6. The minimum atomic E-state index is -0.124. The molecule has 0 aliphatic heterocycles. The normalized spacial score (nSPS) is 14.4. The van der Waals surface area contributed by atoms with Crippen molar-refractivity contribution in [2.45, 2.75) is 71.1 Å². The molecule has 0 atom stereocenters. The van der Waals surface area contributed by atoms with Gasteiger partial charge in [-0.3, -0.25) is 4.79 Å². The largest absolute Gasteiger partial charge is 0.345 e. The van der Waals surface area contributed by atoms with Gasteiger partial charge in [0.15, 0.2) is 0 Å². The SMILES string of the molecule is CC(C)N(CC(=O)N(Cc1cccn1Cc1ccc(Br)cc1)C1CCCCC1)C(=O)N(C)C. The molecule has 0 spiro atoms. The number of hydrogen-bond acceptors (Lipinski definition) is 2. The average molecular weight is 518 g/mol. The molecule has 33 heavy (non-hydrogen) atoms. The van der Waals surface area contributed by atoms with E-state index in [9.17, 15) is 9.59 Å². The molecule has 1 heterocycles. The number of urea groups is 1. The van der Waals surface area contributed by atoms with Crippen LogP contribution in [-0.2, 0) is 17.9 Å². The number of rotatable bonds is 8. The summed E-state index contributed by atoms with van der Waals surface area (Å²) in [4.78, 5) is 31.5. The molecule has 3 rings (SSSR count). The Labute approximate surface area is 206 Å². The Kier molecular flexibility index (Phi) is 9.01. The second-order valence-corrected chi connectivity index (χ2v) is 10.4. The highest BCUT2D eigenvalue weighted by molar-refractivity contribution is 9.10. The maximum absolute atomic E-state index is 13.6. The standard InChI is InChI=1S/C26H37BrN4O2/c1-20(2)30(26(33)28(3)4)19-25(32)31(23-9-6-5-7-10-23)18-24-11-8-16-29(24)17-21-12-14-22(27)15-13-21/h8,11-16,20,23H,5-7,9-10,17-19H2,1-4H3. The summed E-state index contributed by atoms with van der Waals surface area (Å²) < 4.78 is 3.28. The van der Waals surface area contributed by atoms with Crippen molar-refractivity contribution in [2.75, 3.05) is 20.6 Å². The number of carbonyl (C=O) groups is 2. The molecular formula is C26H37BrN4O2. The second kappa shape index (κ2) is 11.7. The monoisotopic (exact) mass is 516 g/mol. The molecule has 0 unspecified atom stereocenters. The highest BCUT2D eigenvalue weighted by atomic mass is 79.9. The van der Waals surface area contributed by atoms with Crippen LogP contribution in [0.4, 0.5) is 4.79 Å². The topological polar surface area (TPSA) is 48.8 Å². The summed E-state index contributed by atoms with van der Waals surface area (Å²) in [7, 11) is 3.46. The lowest BCUT2D eigenvalue weighted by molar-refractivity contribution is -0.136. The fourth-order valence-corrected chi connectivity index (χ4v) is 4.75. The minimum absolute atomic E-state index is 0.0298. The molecule has 1 aliphatic carbocycles. The highest BCUT2D eigenvalue weighted by Crippen LogP contribution is 2.25. The van der Waals surface area contributed by atoms with Crippen molar-refractivity contribution in [3.05, 3.63) is 58.3 Å². The zero-order valence-electron chi connectivity index (χ0n) is 20.3. The van der Waals surface area contributed by atoms with Gasteiger partial charge in [-0.1, -0.05) is 47.3 Å². The Balaban J connectivity index is 1.80. The molecule has 3 amide bonds. The van der Waals surface area contributed by atoms with Gasteiger partial charge >= 0.3 is 6.03 Å². The third kappa shape index (κ3) is 6.85. The van der Waals surface area contributed by atoms with Crippen molar-refractivity contribution >= 4 is 27.9 Å². The molecule has 1 fully saturated rings. The lowest BCUT2D eigenvalue weighted by atomic mass is 9.94. The number of halogens is 1. The Hall–Kier alpha value is -2.28. The van der Waals surface area contributed by atoms with E-state index in [0.29, 0.717) is 6.54 Å². The van der Waals surface area contributed by atoms with Crippen LogP contribution in [0.5, 0.6) is 0 Å². The molecule has 7 heteroatoms. The third-order valence-corrected chi connectivity index (χ3v) is 6.94. The third-order valence-electron chi connectivity index (χ3n) is 6.42. The molecule has 1 aromatic carbocycles. The van der Waals surface area contributed by atoms with Crippen LogP contribution in [0.15, 0.2) is 47.1 Å². The molecule has 2 aromatic rings. The number of nitrogens with zero attached hydrogens (tertiary/aromatic N) is 4. The van der Waals surface area contributed by atoms with Crippen molar-refractivity contribution in [3.8, 4) is 0 Å². The molecule has 0 saturated heterocycles. The Bertz CT molecular complexity index is 917. The lowest BCUT2D eigenvalue weighted by Crippen LogP contribution is -2.51. The molecular weight excluding hydrogens is 480 g/mol. The van der Waals surface area contributed by atoms with Crippen LogP contribution in [0, 0.1) is 0 Å². The zero-order valence-corrected chi connectivity index (χ0v) is 21.9. The van der Waals surface area contributed by atoms with Crippen LogP contribution in [0.2, 0.25) is 0 Å². The van der Waals surface area contributed by atoms with Gasteiger partial charge in [-0.25, -0.2) is 4.79 Å². The van der Waals surface area contributed by atoms with Crippen molar-refractivity contribution in [3.63, 3.8) is 0 Å². The average Bonchev–Trinajstić information content (AvgIpc) is 3.23. The van der Waals surface area contributed by atoms with Crippen molar-refractivity contribution < 1.29 is 9.59 Å². The van der Waals surface area contributed by atoms with Gasteiger partial charge in [0.05, 0.1) is 6.54 Å². The number of amides is 3. The molecule has 6 nitrogen and oxygen atoms in total. The van der Waals surface area contributed by atoms with Crippen LogP contribution < -0.4 is 0 Å². The fraction of sp³-hybridized carbons (Fsp3) is 0.538. The van der Waals surface area contributed by atoms with Crippen LogP contribution in [-0.4, -0.2) is 63.9 Å². The number of hydrogen-bond donors (Lipinski definition) is 0. The summed E-state index contributed by atoms with van der Waals surface area (Å²) in [5.74, 6) is 0.0298. The summed E-state index contributed by atoms with van der Waals surface area (Å²) >= 11 is 3.50. The van der Waals surface area contributed by atoms with Gasteiger partial charge < -0.3 is 19.3 Å².